The summed E-state index contributed by atoms with van der Waals surface area (Å²) >= 11 is 0. The Bertz CT molecular complexity index is 946. The van der Waals surface area contributed by atoms with E-state index in [1.54, 1.807) is 0 Å². The Labute approximate surface area is 170 Å². The smallest absolute Gasteiger partial charge is 0.0819 e. The van der Waals surface area contributed by atoms with E-state index in [-0.39, 0.29) is 0 Å². The van der Waals surface area contributed by atoms with E-state index in [0.717, 1.165) is 22.3 Å². The van der Waals surface area contributed by atoms with Crippen molar-refractivity contribution in [3.05, 3.63) is 95.1 Å². The van der Waals surface area contributed by atoms with Crippen LogP contribution in [0.2, 0.25) is 27.3 Å². The lowest BCUT2D eigenvalue weighted by molar-refractivity contribution is 1.59. The largest absolute Gasteiger partial charge is 0.169 e. The highest BCUT2D eigenvalue weighted by Gasteiger charge is 2.01. The molecule has 0 heterocycles. The van der Waals surface area contributed by atoms with Crippen LogP contribution in [-0.2, 0) is 0 Å². The Morgan fingerprint density at radius 3 is 0.821 bits per heavy atom. The highest BCUT2D eigenvalue weighted by molar-refractivity contribution is 6.71. The molecule has 3 aromatic rings. The second kappa shape index (κ2) is 9.21. The minimum atomic E-state index is 0.545. The molecule has 0 fully saturated rings. The molecule has 0 spiro atoms. The lowest BCUT2D eigenvalue weighted by Crippen LogP contribution is -2.21. The summed E-state index contributed by atoms with van der Waals surface area (Å²) in [6, 6.07) is 25.1. The highest BCUT2D eigenvalue weighted by atomic mass is 13.9. The molecule has 0 atom stereocenters. The Morgan fingerprint density at radius 2 is 0.607 bits per heavy atom. The molecule has 2 heteroatoms. The molecule has 0 bridgehead atoms. The molecule has 0 aliphatic rings. The quantitative estimate of drug-likeness (QED) is 0.470. The molecule has 0 radical (unpaired) electrons. The first-order chi connectivity index (χ1) is 13.5. The molecule has 28 heavy (non-hydrogen) atoms. The van der Waals surface area contributed by atoms with Gasteiger partial charge in [-0.1, -0.05) is 86.2 Å². The summed E-state index contributed by atoms with van der Waals surface area (Å²) in [6.45, 7) is 9.89. The van der Waals surface area contributed by atoms with Crippen molar-refractivity contribution in [1.82, 2.24) is 0 Å². The summed E-state index contributed by atoms with van der Waals surface area (Å²) in [5.74, 6) is 12.9. The van der Waals surface area contributed by atoms with Crippen LogP contribution >= 0.6 is 0 Å². The maximum Gasteiger partial charge on any atom is 0.169 e. The van der Waals surface area contributed by atoms with Gasteiger partial charge in [0, 0.05) is 22.3 Å². The lowest BCUT2D eigenvalue weighted by Gasteiger charge is -2.01. The number of rotatable bonds is 2. The van der Waals surface area contributed by atoms with Crippen LogP contribution in [-0.4, -0.2) is 13.4 Å². The van der Waals surface area contributed by atoms with E-state index in [1.807, 2.05) is 24.3 Å². The summed E-state index contributed by atoms with van der Waals surface area (Å²) in [7, 11) is 0. The topological polar surface area (TPSA) is 0 Å². The van der Waals surface area contributed by atoms with Gasteiger partial charge in [-0.05, 0) is 48.5 Å². The van der Waals surface area contributed by atoms with Gasteiger partial charge in [0.2, 0.25) is 0 Å². The molecule has 0 amide bonds. The molecule has 3 aromatic carbocycles. The van der Waals surface area contributed by atoms with E-state index in [9.17, 15) is 0 Å². The normalized spacial score (nSPS) is 9.57. The van der Waals surface area contributed by atoms with E-state index in [2.05, 4.69) is 99.5 Å². The van der Waals surface area contributed by atoms with E-state index in [1.165, 1.54) is 10.9 Å². The second-order valence-corrected chi connectivity index (χ2v) is 7.63. The fraction of sp³-hybridized carbons (Fsp3) is 0.154. The molecular weight excluding hydrogens is 334 g/mol. The Kier molecular flexibility index (Phi) is 6.47. The summed E-state index contributed by atoms with van der Waals surface area (Å²) in [4.78, 5) is 0. The first-order valence-electron chi connectivity index (χ1n) is 9.85. The van der Waals surface area contributed by atoms with Gasteiger partial charge in [0.05, 0.1) is 0 Å². The number of hydrogen-bond acceptors (Lipinski definition) is 0. The molecule has 0 unspecified atom stereocenters. The lowest BCUT2D eigenvalue weighted by atomic mass is 9.49. The zero-order valence-electron chi connectivity index (χ0n) is 17.1. The third kappa shape index (κ3) is 5.45. The van der Waals surface area contributed by atoms with Gasteiger partial charge in [-0.3, -0.25) is 0 Å². The van der Waals surface area contributed by atoms with Gasteiger partial charge in [-0.15, -0.1) is 0 Å². The van der Waals surface area contributed by atoms with Gasteiger partial charge in [0.15, 0.2) is 13.4 Å². The van der Waals surface area contributed by atoms with Crippen LogP contribution in [0.3, 0.4) is 0 Å². The standard InChI is InChI=1S/C26H24B2/c1-27(2)25-17-13-23(14-18-25)11-9-21-5-7-22(8-6-21)10-12-24-15-19-26(20-16-24)28(3)4/h5-8,13-20H,1-4H3. The molecule has 0 saturated heterocycles. The van der Waals surface area contributed by atoms with E-state index < -0.39 is 0 Å². The van der Waals surface area contributed by atoms with E-state index in [0.29, 0.717) is 13.4 Å². The summed E-state index contributed by atoms with van der Waals surface area (Å²) in [5, 5.41) is 0. The predicted octanol–water partition coefficient (Wildman–Crippen LogP) is 4.41. The zero-order valence-corrected chi connectivity index (χ0v) is 17.1. The Balaban J connectivity index is 1.67. The SMILES string of the molecule is CB(C)c1ccc(C#Cc2ccc(C#Cc3ccc(B(C)C)cc3)cc2)cc1. The Hall–Kier alpha value is -3.09. The number of benzene rings is 3. The van der Waals surface area contributed by atoms with Crippen LogP contribution in [0.1, 0.15) is 22.3 Å². The van der Waals surface area contributed by atoms with Crippen molar-refractivity contribution in [3.8, 4) is 23.7 Å². The minimum absolute atomic E-state index is 0.545. The minimum Gasteiger partial charge on any atom is -0.0819 e. The third-order valence-corrected chi connectivity index (χ3v) is 4.74. The first kappa shape index (κ1) is 19.7. The van der Waals surface area contributed by atoms with Gasteiger partial charge in [0.1, 0.15) is 0 Å². The first-order valence-corrected chi connectivity index (χ1v) is 9.85. The average molecular weight is 358 g/mol. The fourth-order valence-electron chi connectivity index (χ4n) is 2.83. The maximum absolute atomic E-state index is 3.23. The molecule has 0 N–H and O–H groups in total. The van der Waals surface area contributed by atoms with Gasteiger partial charge in [0.25, 0.3) is 0 Å². The van der Waals surface area contributed by atoms with Crippen molar-refractivity contribution < 1.29 is 0 Å². The van der Waals surface area contributed by atoms with Crippen molar-refractivity contribution in [3.63, 3.8) is 0 Å². The highest BCUT2D eigenvalue weighted by Crippen LogP contribution is 2.04. The fourth-order valence-corrected chi connectivity index (χ4v) is 2.83. The van der Waals surface area contributed by atoms with Gasteiger partial charge < -0.3 is 0 Å². The maximum atomic E-state index is 3.23. The summed E-state index contributed by atoms with van der Waals surface area (Å²) in [5.41, 5.74) is 6.76. The summed E-state index contributed by atoms with van der Waals surface area (Å²) in [6.07, 6.45) is 0. The van der Waals surface area contributed by atoms with Crippen LogP contribution in [0.25, 0.3) is 0 Å². The zero-order chi connectivity index (χ0) is 19.9. The molecule has 0 aliphatic heterocycles. The van der Waals surface area contributed by atoms with Crippen LogP contribution in [0, 0.1) is 23.7 Å². The third-order valence-electron chi connectivity index (χ3n) is 4.74. The van der Waals surface area contributed by atoms with Crippen molar-refractivity contribution in [2.45, 2.75) is 27.3 Å². The van der Waals surface area contributed by atoms with Crippen molar-refractivity contribution in [2.75, 3.05) is 0 Å². The van der Waals surface area contributed by atoms with Gasteiger partial charge >= 0.3 is 0 Å². The molecule has 134 valence electrons. The van der Waals surface area contributed by atoms with Crippen LogP contribution in [0.4, 0.5) is 0 Å². The van der Waals surface area contributed by atoms with Crippen molar-refractivity contribution in [1.29, 1.82) is 0 Å². The van der Waals surface area contributed by atoms with Gasteiger partial charge in [-0.2, -0.15) is 0 Å². The van der Waals surface area contributed by atoms with Crippen LogP contribution < -0.4 is 10.9 Å². The second-order valence-electron chi connectivity index (χ2n) is 7.63. The molecular formula is C26H24B2. The molecule has 3 rings (SSSR count). The van der Waals surface area contributed by atoms with E-state index in [4.69, 9.17) is 0 Å². The van der Waals surface area contributed by atoms with Crippen LogP contribution in [0.5, 0.6) is 0 Å². The molecule has 0 aliphatic carbocycles. The van der Waals surface area contributed by atoms with Gasteiger partial charge in [-0.25, -0.2) is 0 Å². The summed E-state index contributed by atoms with van der Waals surface area (Å²) < 4.78 is 0. The Morgan fingerprint density at radius 1 is 0.393 bits per heavy atom. The molecule has 0 nitrogen and oxygen atoms in total. The van der Waals surface area contributed by atoms with E-state index >= 15 is 0 Å². The predicted molar refractivity (Wildman–Crippen MR) is 126 cm³/mol. The van der Waals surface area contributed by atoms with Crippen LogP contribution in [0.15, 0.2) is 72.8 Å². The molecule has 0 aromatic heterocycles. The number of hydrogen-bond donors (Lipinski definition) is 0. The van der Waals surface area contributed by atoms with Crippen molar-refractivity contribution in [2.24, 2.45) is 0 Å². The average Bonchev–Trinajstić information content (AvgIpc) is 2.72. The molecule has 0 saturated carbocycles. The monoisotopic (exact) mass is 358 g/mol. The van der Waals surface area contributed by atoms with Crippen molar-refractivity contribution >= 4 is 24.4 Å².